The first kappa shape index (κ1) is 15.8. The third-order valence-corrected chi connectivity index (χ3v) is 3.83. The van der Waals surface area contributed by atoms with Crippen LogP contribution >= 0.6 is 0 Å². The van der Waals surface area contributed by atoms with Gasteiger partial charge in [0.2, 0.25) is 0 Å². The van der Waals surface area contributed by atoms with Gasteiger partial charge in [-0.1, -0.05) is 6.07 Å². The predicted molar refractivity (Wildman–Crippen MR) is 88.2 cm³/mol. The van der Waals surface area contributed by atoms with E-state index >= 15 is 0 Å². The van der Waals surface area contributed by atoms with Gasteiger partial charge in [0, 0.05) is 38.1 Å². The number of hydrogen-bond acceptors (Lipinski definition) is 4. The van der Waals surface area contributed by atoms with Gasteiger partial charge in [-0.3, -0.25) is 0 Å². The quantitative estimate of drug-likeness (QED) is 0.945. The van der Waals surface area contributed by atoms with Gasteiger partial charge in [-0.05, 0) is 39.3 Å². The number of likely N-dealkylation sites (tertiary alicyclic amines) is 1. The average molecular weight is 316 g/mol. The molecule has 1 aliphatic heterocycles. The molecule has 1 N–H and O–H groups in total. The lowest BCUT2D eigenvalue weighted by molar-refractivity contribution is 0.0291. The summed E-state index contributed by atoms with van der Waals surface area (Å²) < 4.78 is 7.43. The number of carbonyl (C=O) groups excluding carboxylic acids is 1. The van der Waals surface area contributed by atoms with Crippen LogP contribution in [0.2, 0.25) is 0 Å². The normalized spacial score (nSPS) is 18.6. The van der Waals surface area contributed by atoms with E-state index in [0.29, 0.717) is 13.1 Å². The van der Waals surface area contributed by atoms with E-state index in [1.165, 1.54) is 0 Å². The molecule has 0 bridgehead atoms. The average Bonchev–Trinajstić information content (AvgIpc) is 3.09. The number of nitrogens with zero attached hydrogens (tertiary/aromatic N) is 3. The zero-order valence-corrected chi connectivity index (χ0v) is 14.0. The third kappa shape index (κ3) is 4.01. The largest absolute Gasteiger partial charge is 0.444 e. The Hall–Kier alpha value is -2.08. The monoisotopic (exact) mass is 316 g/mol. The summed E-state index contributed by atoms with van der Waals surface area (Å²) in [6.45, 7) is 7.79. The molecule has 0 saturated carbocycles. The van der Waals surface area contributed by atoms with Crippen molar-refractivity contribution in [2.24, 2.45) is 0 Å². The Bertz CT molecular complexity index is 656. The molecule has 3 rings (SSSR count). The van der Waals surface area contributed by atoms with Gasteiger partial charge in [0.05, 0.1) is 5.69 Å². The first-order valence-corrected chi connectivity index (χ1v) is 8.05. The van der Waals surface area contributed by atoms with Crippen LogP contribution in [0.15, 0.2) is 30.6 Å². The van der Waals surface area contributed by atoms with Crippen molar-refractivity contribution >= 4 is 11.7 Å². The molecule has 3 heterocycles. The molecule has 0 spiro atoms. The Morgan fingerprint density at radius 1 is 1.43 bits per heavy atom. The fourth-order valence-corrected chi connectivity index (χ4v) is 2.74. The van der Waals surface area contributed by atoms with Crippen LogP contribution in [0.25, 0.3) is 5.65 Å². The number of ether oxygens (including phenoxy) is 1. The number of pyridine rings is 1. The van der Waals surface area contributed by atoms with Crippen molar-refractivity contribution in [2.75, 3.05) is 13.1 Å². The maximum atomic E-state index is 12.1. The minimum Gasteiger partial charge on any atom is -0.444 e. The number of carbonyl (C=O) groups is 1. The van der Waals surface area contributed by atoms with Gasteiger partial charge in [-0.25, -0.2) is 9.78 Å². The van der Waals surface area contributed by atoms with Crippen LogP contribution in [-0.2, 0) is 11.3 Å². The molecule has 1 saturated heterocycles. The molecule has 0 aliphatic carbocycles. The van der Waals surface area contributed by atoms with Crippen LogP contribution in [0, 0.1) is 0 Å². The van der Waals surface area contributed by atoms with Gasteiger partial charge < -0.3 is 19.4 Å². The summed E-state index contributed by atoms with van der Waals surface area (Å²) in [5.74, 6) is 0. The van der Waals surface area contributed by atoms with Crippen molar-refractivity contribution in [1.82, 2.24) is 19.6 Å². The van der Waals surface area contributed by atoms with E-state index in [2.05, 4.69) is 10.3 Å². The van der Waals surface area contributed by atoms with Gasteiger partial charge in [0.15, 0.2) is 0 Å². The second-order valence-corrected chi connectivity index (χ2v) is 6.99. The van der Waals surface area contributed by atoms with Gasteiger partial charge in [-0.15, -0.1) is 0 Å². The number of rotatable bonds is 3. The van der Waals surface area contributed by atoms with E-state index in [-0.39, 0.29) is 12.1 Å². The Kier molecular flexibility index (Phi) is 4.26. The van der Waals surface area contributed by atoms with Crippen LogP contribution in [0.5, 0.6) is 0 Å². The molecule has 2 aromatic rings. The van der Waals surface area contributed by atoms with Crippen molar-refractivity contribution in [1.29, 1.82) is 0 Å². The second kappa shape index (κ2) is 6.20. The topological polar surface area (TPSA) is 58.9 Å². The van der Waals surface area contributed by atoms with Crippen molar-refractivity contribution in [3.8, 4) is 0 Å². The summed E-state index contributed by atoms with van der Waals surface area (Å²) in [4.78, 5) is 18.4. The lowest BCUT2D eigenvalue weighted by atomic mass is 10.2. The molecule has 1 amide bonds. The minimum absolute atomic E-state index is 0.227. The van der Waals surface area contributed by atoms with Crippen LogP contribution in [-0.4, -0.2) is 45.1 Å². The summed E-state index contributed by atoms with van der Waals surface area (Å²) in [6, 6.07) is 6.24. The van der Waals surface area contributed by atoms with Crippen LogP contribution in [0.4, 0.5) is 4.79 Å². The SMILES string of the molecule is CC(C)(C)OC(=O)N1CCC(NCc2cn3ccccc3n2)C1. The Morgan fingerprint density at radius 3 is 3.00 bits per heavy atom. The van der Waals surface area contributed by atoms with Crippen molar-refractivity contribution < 1.29 is 9.53 Å². The van der Waals surface area contributed by atoms with E-state index in [1.807, 2.05) is 55.8 Å². The molecule has 1 fully saturated rings. The standard InChI is InChI=1S/C17H24N4O2/c1-17(2,3)23-16(22)21-9-7-13(11-21)18-10-14-12-20-8-5-4-6-15(20)19-14/h4-6,8,12-13,18H,7,9-11H2,1-3H3. The molecular formula is C17H24N4O2. The first-order chi connectivity index (χ1) is 10.9. The van der Waals surface area contributed by atoms with E-state index in [9.17, 15) is 4.79 Å². The molecule has 1 aliphatic rings. The zero-order chi connectivity index (χ0) is 16.4. The highest BCUT2D eigenvalue weighted by Crippen LogP contribution is 2.15. The predicted octanol–water partition coefficient (Wildman–Crippen LogP) is 2.43. The number of hydrogen-bond donors (Lipinski definition) is 1. The second-order valence-electron chi connectivity index (χ2n) is 6.99. The highest BCUT2D eigenvalue weighted by molar-refractivity contribution is 5.68. The van der Waals surface area contributed by atoms with Crippen molar-refractivity contribution in [3.63, 3.8) is 0 Å². The smallest absolute Gasteiger partial charge is 0.410 e. The Labute approximate surface area is 136 Å². The molecule has 6 heteroatoms. The fraction of sp³-hybridized carbons (Fsp3) is 0.529. The van der Waals surface area contributed by atoms with Gasteiger partial charge >= 0.3 is 6.09 Å². The molecule has 6 nitrogen and oxygen atoms in total. The summed E-state index contributed by atoms with van der Waals surface area (Å²) >= 11 is 0. The number of amides is 1. The highest BCUT2D eigenvalue weighted by atomic mass is 16.6. The molecule has 0 radical (unpaired) electrons. The number of nitrogens with one attached hydrogen (secondary N) is 1. The molecule has 2 aromatic heterocycles. The minimum atomic E-state index is -0.445. The maximum Gasteiger partial charge on any atom is 0.410 e. The third-order valence-electron chi connectivity index (χ3n) is 3.83. The Balaban J connectivity index is 1.51. The fourth-order valence-electron chi connectivity index (χ4n) is 2.74. The number of aromatic nitrogens is 2. The number of fused-ring (bicyclic) bond motifs is 1. The maximum absolute atomic E-state index is 12.1. The number of imidazole rings is 1. The first-order valence-electron chi connectivity index (χ1n) is 8.05. The summed E-state index contributed by atoms with van der Waals surface area (Å²) in [5, 5.41) is 3.48. The molecular weight excluding hydrogens is 292 g/mol. The zero-order valence-electron chi connectivity index (χ0n) is 14.0. The van der Waals surface area contributed by atoms with Crippen LogP contribution in [0.3, 0.4) is 0 Å². The molecule has 0 aromatic carbocycles. The van der Waals surface area contributed by atoms with Gasteiger partial charge in [0.25, 0.3) is 0 Å². The summed E-state index contributed by atoms with van der Waals surface area (Å²) in [5.41, 5.74) is 1.51. The summed E-state index contributed by atoms with van der Waals surface area (Å²) in [6.07, 6.45) is 4.73. The molecule has 1 unspecified atom stereocenters. The lowest BCUT2D eigenvalue weighted by Gasteiger charge is -2.24. The van der Waals surface area contributed by atoms with Gasteiger partial charge in [-0.2, -0.15) is 0 Å². The Morgan fingerprint density at radius 2 is 2.26 bits per heavy atom. The lowest BCUT2D eigenvalue weighted by Crippen LogP contribution is -2.38. The van der Waals surface area contributed by atoms with E-state index in [1.54, 1.807) is 4.90 Å². The molecule has 23 heavy (non-hydrogen) atoms. The van der Waals surface area contributed by atoms with E-state index in [0.717, 1.165) is 24.3 Å². The van der Waals surface area contributed by atoms with Crippen LogP contribution < -0.4 is 5.32 Å². The summed E-state index contributed by atoms with van der Waals surface area (Å²) in [7, 11) is 0. The van der Waals surface area contributed by atoms with E-state index in [4.69, 9.17) is 4.74 Å². The van der Waals surface area contributed by atoms with E-state index < -0.39 is 5.60 Å². The van der Waals surface area contributed by atoms with Crippen molar-refractivity contribution in [3.05, 3.63) is 36.3 Å². The molecule has 124 valence electrons. The van der Waals surface area contributed by atoms with Crippen molar-refractivity contribution in [2.45, 2.75) is 45.4 Å². The van der Waals surface area contributed by atoms with Gasteiger partial charge in [0.1, 0.15) is 11.2 Å². The van der Waals surface area contributed by atoms with Crippen LogP contribution in [0.1, 0.15) is 32.9 Å². The highest BCUT2D eigenvalue weighted by Gasteiger charge is 2.29. The molecule has 1 atom stereocenters.